The van der Waals surface area contributed by atoms with Gasteiger partial charge in [0.1, 0.15) is 5.69 Å². The van der Waals surface area contributed by atoms with Crippen molar-refractivity contribution in [3.63, 3.8) is 0 Å². The van der Waals surface area contributed by atoms with Crippen LogP contribution in [-0.2, 0) is 0 Å². The molecule has 2 aromatic carbocycles. The fourth-order valence-electron chi connectivity index (χ4n) is 1.94. The van der Waals surface area contributed by atoms with Crippen LogP contribution in [0, 0.1) is 0 Å². The molecule has 0 radical (unpaired) electrons. The number of urea groups is 1. The van der Waals surface area contributed by atoms with Crippen LogP contribution in [0.25, 0.3) is 0 Å². The van der Waals surface area contributed by atoms with Crippen LogP contribution in [0.3, 0.4) is 0 Å². The summed E-state index contributed by atoms with van der Waals surface area (Å²) in [5, 5.41) is 10.5. The van der Waals surface area contributed by atoms with Crippen molar-refractivity contribution >= 4 is 51.4 Å². The first-order chi connectivity index (χ1) is 12.1. The quantitative estimate of drug-likeness (QED) is 0.621. The van der Waals surface area contributed by atoms with Crippen LogP contribution < -0.4 is 16.0 Å². The molecule has 0 atom stereocenters. The molecule has 0 aliphatic heterocycles. The van der Waals surface area contributed by atoms with E-state index in [2.05, 4.69) is 20.9 Å². The van der Waals surface area contributed by atoms with Gasteiger partial charge >= 0.3 is 6.03 Å². The predicted molar refractivity (Wildman–Crippen MR) is 101 cm³/mol. The fourth-order valence-corrected chi connectivity index (χ4v) is 2.76. The van der Waals surface area contributed by atoms with Gasteiger partial charge in [0.25, 0.3) is 5.91 Å². The second-order valence-corrected chi connectivity index (χ2v) is 6.24. The number of para-hydroxylation sites is 1. The number of benzene rings is 2. The Bertz CT molecular complexity index is 881. The molecule has 0 aliphatic carbocycles. The molecule has 3 aromatic rings. The van der Waals surface area contributed by atoms with Crippen molar-refractivity contribution in [2.24, 2.45) is 0 Å². The number of amides is 3. The largest absolute Gasteiger partial charge is 0.325 e. The first-order valence-electron chi connectivity index (χ1n) is 7.25. The second kappa shape index (κ2) is 7.78. The van der Waals surface area contributed by atoms with Crippen LogP contribution in [0.5, 0.6) is 0 Å². The van der Waals surface area contributed by atoms with Crippen molar-refractivity contribution in [1.82, 2.24) is 4.98 Å². The fraction of sp³-hybridized carbons (Fsp3) is 0. The van der Waals surface area contributed by atoms with Crippen molar-refractivity contribution in [3.05, 3.63) is 70.7 Å². The molecular formula is C17H13ClN4O2S. The average Bonchev–Trinajstić information content (AvgIpc) is 3.06. The molecule has 0 saturated carbocycles. The molecule has 0 spiro atoms. The van der Waals surface area contributed by atoms with Crippen molar-refractivity contribution in [2.45, 2.75) is 0 Å². The van der Waals surface area contributed by atoms with Gasteiger partial charge in [-0.25, -0.2) is 9.78 Å². The summed E-state index contributed by atoms with van der Waals surface area (Å²) in [5.41, 5.74) is 1.51. The monoisotopic (exact) mass is 372 g/mol. The van der Waals surface area contributed by atoms with Gasteiger partial charge in [0.2, 0.25) is 0 Å². The van der Waals surface area contributed by atoms with E-state index in [0.717, 1.165) is 11.3 Å². The van der Waals surface area contributed by atoms with Gasteiger partial charge in [-0.1, -0.05) is 29.8 Å². The minimum Gasteiger partial charge on any atom is -0.321 e. The van der Waals surface area contributed by atoms with E-state index in [1.54, 1.807) is 41.8 Å². The number of thiazole rings is 1. The lowest BCUT2D eigenvalue weighted by Crippen LogP contribution is -2.19. The molecule has 0 saturated heterocycles. The molecule has 0 bridgehead atoms. The maximum Gasteiger partial charge on any atom is 0.325 e. The van der Waals surface area contributed by atoms with Crippen LogP contribution in [-0.4, -0.2) is 16.9 Å². The molecular weight excluding hydrogens is 360 g/mol. The summed E-state index contributed by atoms with van der Waals surface area (Å²) in [7, 11) is 0. The third-order valence-corrected chi connectivity index (χ3v) is 4.10. The summed E-state index contributed by atoms with van der Waals surface area (Å²) in [5.74, 6) is -0.339. The number of hydrogen-bond acceptors (Lipinski definition) is 4. The molecule has 25 heavy (non-hydrogen) atoms. The van der Waals surface area contributed by atoms with Crippen LogP contribution >= 0.6 is 22.9 Å². The van der Waals surface area contributed by atoms with E-state index in [9.17, 15) is 9.59 Å². The number of anilines is 3. The molecule has 1 aromatic heterocycles. The van der Waals surface area contributed by atoms with Crippen molar-refractivity contribution in [2.75, 3.05) is 16.0 Å². The summed E-state index contributed by atoms with van der Waals surface area (Å²) >= 11 is 6.96. The number of aromatic nitrogens is 1. The molecule has 8 heteroatoms. The van der Waals surface area contributed by atoms with Crippen LogP contribution in [0.1, 0.15) is 10.5 Å². The molecule has 3 amide bonds. The molecule has 0 unspecified atom stereocenters. The van der Waals surface area contributed by atoms with E-state index in [1.165, 1.54) is 0 Å². The minimum atomic E-state index is -0.452. The normalized spacial score (nSPS) is 10.1. The number of carbonyl (C=O) groups excluding carboxylic acids is 2. The molecule has 0 fully saturated rings. The number of rotatable bonds is 4. The second-order valence-electron chi connectivity index (χ2n) is 4.94. The molecule has 3 rings (SSSR count). The van der Waals surface area contributed by atoms with Gasteiger partial charge in [0.05, 0.1) is 0 Å². The zero-order chi connectivity index (χ0) is 17.6. The summed E-state index contributed by atoms with van der Waals surface area (Å²) in [4.78, 5) is 28.2. The Kier molecular flexibility index (Phi) is 5.27. The van der Waals surface area contributed by atoms with E-state index in [-0.39, 0.29) is 11.6 Å². The van der Waals surface area contributed by atoms with Crippen molar-refractivity contribution in [3.8, 4) is 0 Å². The average molecular weight is 373 g/mol. The maximum atomic E-state index is 12.1. The number of halogens is 1. The van der Waals surface area contributed by atoms with Crippen molar-refractivity contribution < 1.29 is 9.59 Å². The van der Waals surface area contributed by atoms with E-state index in [4.69, 9.17) is 11.6 Å². The van der Waals surface area contributed by atoms with Crippen molar-refractivity contribution in [1.29, 1.82) is 0 Å². The van der Waals surface area contributed by atoms with Crippen LogP contribution in [0.15, 0.2) is 60.0 Å². The molecule has 126 valence electrons. The van der Waals surface area contributed by atoms with Gasteiger partial charge < -0.3 is 10.6 Å². The first-order valence-corrected chi connectivity index (χ1v) is 8.51. The number of nitrogens with one attached hydrogen (secondary N) is 3. The molecule has 0 aliphatic rings. The Morgan fingerprint density at radius 1 is 0.880 bits per heavy atom. The van der Waals surface area contributed by atoms with Crippen LogP contribution in [0.4, 0.5) is 21.3 Å². The summed E-state index contributed by atoms with van der Waals surface area (Å²) < 4.78 is 0. The Morgan fingerprint density at radius 3 is 2.28 bits per heavy atom. The Balaban J connectivity index is 1.58. The van der Waals surface area contributed by atoms with E-state index in [0.29, 0.717) is 21.5 Å². The topological polar surface area (TPSA) is 83.1 Å². The van der Waals surface area contributed by atoms with Gasteiger partial charge in [0.15, 0.2) is 5.13 Å². The van der Waals surface area contributed by atoms with Gasteiger partial charge in [-0.3, -0.25) is 10.1 Å². The lowest BCUT2D eigenvalue weighted by atomic mass is 10.3. The standard InChI is InChI=1S/C17H13ClN4O2S/c18-11-6-8-13(9-7-11)20-16(24)22-17-21-14(10-25-17)15(23)19-12-4-2-1-3-5-12/h1-10H,(H,19,23)(H2,20,21,22,24). The van der Waals surface area contributed by atoms with Gasteiger partial charge in [0, 0.05) is 21.8 Å². The van der Waals surface area contributed by atoms with Gasteiger partial charge in [-0.05, 0) is 36.4 Å². The smallest absolute Gasteiger partial charge is 0.321 e. The number of hydrogen-bond donors (Lipinski definition) is 3. The predicted octanol–water partition coefficient (Wildman–Crippen LogP) is 4.69. The highest BCUT2D eigenvalue weighted by atomic mass is 35.5. The van der Waals surface area contributed by atoms with E-state index in [1.807, 2.05) is 18.2 Å². The molecule has 6 nitrogen and oxygen atoms in total. The van der Waals surface area contributed by atoms with E-state index < -0.39 is 6.03 Å². The zero-order valence-electron chi connectivity index (χ0n) is 12.8. The summed E-state index contributed by atoms with van der Waals surface area (Å²) in [6, 6.07) is 15.3. The van der Waals surface area contributed by atoms with E-state index >= 15 is 0 Å². The minimum absolute atomic E-state index is 0.232. The third-order valence-electron chi connectivity index (χ3n) is 3.09. The Hall–Kier alpha value is -2.90. The summed E-state index contributed by atoms with van der Waals surface area (Å²) in [6.45, 7) is 0. The SMILES string of the molecule is O=C(Nc1ccc(Cl)cc1)Nc1nc(C(=O)Nc2ccccc2)cs1. The molecule has 3 N–H and O–H groups in total. The Morgan fingerprint density at radius 2 is 1.56 bits per heavy atom. The number of carbonyl (C=O) groups is 2. The number of nitrogens with zero attached hydrogens (tertiary/aromatic N) is 1. The maximum absolute atomic E-state index is 12.1. The van der Waals surface area contributed by atoms with Crippen LogP contribution in [0.2, 0.25) is 5.02 Å². The highest BCUT2D eigenvalue weighted by Gasteiger charge is 2.12. The first kappa shape index (κ1) is 16.9. The third kappa shape index (κ3) is 4.79. The molecule has 1 heterocycles. The highest BCUT2D eigenvalue weighted by molar-refractivity contribution is 7.14. The zero-order valence-corrected chi connectivity index (χ0v) is 14.4. The summed E-state index contributed by atoms with van der Waals surface area (Å²) in [6.07, 6.45) is 0. The van der Waals surface area contributed by atoms with Gasteiger partial charge in [-0.15, -0.1) is 11.3 Å². The Labute approximate surface area is 152 Å². The highest BCUT2D eigenvalue weighted by Crippen LogP contribution is 2.18. The lowest BCUT2D eigenvalue weighted by Gasteiger charge is -2.05. The lowest BCUT2D eigenvalue weighted by molar-refractivity contribution is 0.102. The van der Waals surface area contributed by atoms with Gasteiger partial charge in [-0.2, -0.15) is 0 Å².